The predicted octanol–water partition coefficient (Wildman–Crippen LogP) is 4.89. The molecule has 0 bridgehead atoms. The van der Waals surface area contributed by atoms with E-state index in [2.05, 4.69) is 54.4 Å². The third-order valence-electron chi connectivity index (χ3n) is 4.13. The lowest BCUT2D eigenvalue weighted by atomic mass is 10.0. The van der Waals surface area contributed by atoms with Gasteiger partial charge in [-0.1, -0.05) is 66.7 Å². The zero-order chi connectivity index (χ0) is 17.6. The first-order valence-corrected chi connectivity index (χ1v) is 8.19. The molecule has 0 N–H and O–H groups in total. The van der Waals surface area contributed by atoms with Gasteiger partial charge in [-0.3, -0.25) is 15.0 Å². The summed E-state index contributed by atoms with van der Waals surface area (Å²) in [5.41, 5.74) is 2.25. The normalized spacial score (nSPS) is 11.4. The van der Waals surface area contributed by atoms with E-state index in [4.69, 9.17) is 0 Å². The highest BCUT2D eigenvalue weighted by Gasteiger charge is 2.05. The Bertz CT molecular complexity index is 913. The number of likely N-dealkylation sites (N-methyl/N-ethyl adjacent to an activating group) is 1. The summed E-state index contributed by atoms with van der Waals surface area (Å²) in [4.78, 5) is 12.7. The van der Waals surface area contributed by atoms with E-state index in [-0.39, 0.29) is 10.6 Å². The van der Waals surface area contributed by atoms with E-state index in [1.54, 1.807) is 12.1 Å². The minimum absolute atomic E-state index is 0.117. The van der Waals surface area contributed by atoms with E-state index in [1.807, 2.05) is 18.2 Å². The molecular formula is C21H20N2O2. The Labute approximate surface area is 147 Å². The summed E-state index contributed by atoms with van der Waals surface area (Å²) < 4.78 is 0. The molecule has 4 nitrogen and oxygen atoms in total. The molecule has 25 heavy (non-hydrogen) atoms. The second-order valence-corrected chi connectivity index (χ2v) is 6.09. The number of nitro benzene ring substituents is 1. The van der Waals surface area contributed by atoms with Crippen molar-refractivity contribution in [2.75, 3.05) is 13.6 Å². The molecule has 3 rings (SSSR count). The number of non-ortho nitro benzene ring substituents is 1. The summed E-state index contributed by atoms with van der Waals surface area (Å²) in [5.74, 6) is 0. The van der Waals surface area contributed by atoms with Crippen LogP contribution in [0, 0.1) is 10.1 Å². The van der Waals surface area contributed by atoms with E-state index in [0.29, 0.717) is 0 Å². The minimum atomic E-state index is -0.371. The maximum Gasteiger partial charge on any atom is 0.270 e. The van der Waals surface area contributed by atoms with Crippen LogP contribution in [0.15, 0.2) is 72.8 Å². The SMILES string of the molecule is CN(CC=Cc1cccc([N+](=O)[O-])c1)Cc1cccc2ccccc12. The lowest BCUT2D eigenvalue weighted by molar-refractivity contribution is -0.384. The summed E-state index contributed by atoms with van der Waals surface area (Å²) in [6.07, 6.45) is 3.96. The first-order valence-electron chi connectivity index (χ1n) is 8.19. The van der Waals surface area contributed by atoms with Crippen LogP contribution in [-0.4, -0.2) is 23.4 Å². The Morgan fingerprint density at radius 1 is 1.04 bits per heavy atom. The van der Waals surface area contributed by atoms with Crippen LogP contribution in [0.1, 0.15) is 11.1 Å². The molecule has 0 aliphatic heterocycles. The fraction of sp³-hybridized carbons (Fsp3) is 0.143. The molecule has 0 unspecified atom stereocenters. The molecule has 0 spiro atoms. The molecule has 0 atom stereocenters. The first kappa shape index (κ1) is 16.9. The van der Waals surface area contributed by atoms with Gasteiger partial charge in [-0.25, -0.2) is 0 Å². The van der Waals surface area contributed by atoms with Gasteiger partial charge in [0.15, 0.2) is 0 Å². The van der Waals surface area contributed by atoms with Gasteiger partial charge in [-0.2, -0.15) is 0 Å². The molecule has 4 heteroatoms. The predicted molar refractivity (Wildman–Crippen MR) is 102 cm³/mol. The molecule has 0 saturated carbocycles. The van der Waals surface area contributed by atoms with Crippen molar-refractivity contribution in [3.63, 3.8) is 0 Å². The largest absolute Gasteiger partial charge is 0.298 e. The van der Waals surface area contributed by atoms with Gasteiger partial charge in [0, 0.05) is 25.2 Å². The number of fused-ring (bicyclic) bond motifs is 1. The Morgan fingerprint density at radius 2 is 1.80 bits per heavy atom. The highest BCUT2D eigenvalue weighted by atomic mass is 16.6. The summed E-state index contributed by atoms with van der Waals surface area (Å²) in [6.45, 7) is 1.62. The Kier molecular flexibility index (Phi) is 5.21. The number of benzene rings is 3. The Morgan fingerprint density at radius 3 is 2.64 bits per heavy atom. The van der Waals surface area contributed by atoms with Crippen molar-refractivity contribution in [3.05, 3.63) is 94.0 Å². The highest BCUT2D eigenvalue weighted by molar-refractivity contribution is 5.85. The lowest BCUT2D eigenvalue weighted by Gasteiger charge is -2.16. The monoisotopic (exact) mass is 332 g/mol. The van der Waals surface area contributed by atoms with E-state index in [0.717, 1.165) is 18.7 Å². The van der Waals surface area contributed by atoms with Crippen LogP contribution in [0.25, 0.3) is 16.8 Å². The molecule has 0 fully saturated rings. The Balaban J connectivity index is 1.65. The van der Waals surface area contributed by atoms with Crippen molar-refractivity contribution in [2.45, 2.75) is 6.54 Å². The van der Waals surface area contributed by atoms with Gasteiger partial charge in [-0.05, 0) is 28.9 Å². The number of rotatable bonds is 6. The number of nitro groups is 1. The van der Waals surface area contributed by atoms with Gasteiger partial charge in [-0.15, -0.1) is 0 Å². The highest BCUT2D eigenvalue weighted by Crippen LogP contribution is 2.19. The molecule has 0 heterocycles. The molecule has 0 aliphatic rings. The Hall–Kier alpha value is -2.98. The molecule has 3 aromatic carbocycles. The van der Waals surface area contributed by atoms with Crippen LogP contribution in [0.2, 0.25) is 0 Å². The second kappa shape index (κ2) is 7.73. The molecular weight excluding hydrogens is 312 g/mol. The molecule has 0 aromatic heterocycles. The van der Waals surface area contributed by atoms with Gasteiger partial charge in [0.1, 0.15) is 0 Å². The minimum Gasteiger partial charge on any atom is -0.298 e. The average molecular weight is 332 g/mol. The lowest BCUT2D eigenvalue weighted by Crippen LogP contribution is -2.17. The smallest absolute Gasteiger partial charge is 0.270 e. The van der Waals surface area contributed by atoms with Gasteiger partial charge < -0.3 is 0 Å². The van der Waals surface area contributed by atoms with Crippen molar-refractivity contribution >= 4 is 22.5 Å². The van der Waals surface area contributed by atoms with Crippen LogP contribution < -0.4 is 0 Å². The fourth-order valence-electron chi connectivity index (χ4n) is 2.90. The first-order chi connectivity index (χ1) is 12.1. The third kappa shape index (κ3) is 4.31. The maximum absolute atomic E-state index is 10.8. The molecule has 0 amide bonds. The van der Waals surface area contributed by atoms with Crippen molar-refractivity contribution < 1.29 is 4.92 Å². The van der Waals surface area contributed by atoms with E-state index < -0.39 is 0 Å². The second-order valence-electron chi connectivity index (χ2n) is 6.09. The zero-order valence-corrected chi connectivity index (χ0v) is 14.1. The van der Waals surface area contributed by atoms with Crippen LogP contribution in [0.3, 0.4) is 0 Å². The summed E-state index contributed by atoms with van der Waals surface area (Å²) >= 11 is 0. The molecule has 3 aromatic rings. The molecule has 0 aliphatic carbocycles. The fourth-order valence-corrected chi connectivity index (χ4v) is 2.90. The zero-order valence-electron chi connectivity index (χ0n) is 14.1. The number of nitrogens with zero attached hydrogens (tertiary/aromatic N) is 2. The van der Waals surface area contributed by atoms with Crippen LogP contribution in [-0.2, 0) is 6.54 Å². The molecule has 126 valence electrons. The van der Waals surface area contributed by atoms with Crippen LogP contribution in [0.4, 0.5) is 5.69 Å². The van der Waals surface area contributed by atoms with Crippen molar-refractivity contribution in [2.24, 2.45) is 0 Å². The number of hydrogen-bond acceptors (Lipinski definition) is 3. The van der Waals surface area contributed by atoms with E-state index in [1.165, 1.54) is 22.4 Å². The van der Waals surface area contributed by atoms with Gasteiger partial charge >= 0.3 is 0 Å². The average Bonchev–Trinajstić information content (AvgIpc) is 2.62. The van der Waals surface area contributed by atoms with Crippen molar-refractivity contribution in [1.82, 2.24) is 4.90 Å². The van der Waals surface area contributed by atoms with E-state index >= 15 is 0 Å². The van der Waals surface area contributed by atoms with Gasteiger partial charge in [0.05, 0.1) is 4.92 Å². The quantitative estimate of drug-likeness (QED) is 0.477. The summed E-state index contributed by atoms with van der Waals surface area (Å²) in [7, 11) is 2.07. The topological polar surface area (TPSA) is 46.4 Å². The van der Waals surface area contributed by atoms with Crippen LogP contribution in [0.5, 0.6) is 0 Å². The molecule has 0 saturated heterocycles. The maximum atomic E-state index is 10.8. The third-order valence-corrected chi connectivity index (χ3v) is 4.13. The van der Waals surface area contributed by atoms with E-state index in [9.17, 15) is 10.1 Å². The van der Waals surface area contributed by atoms with Gasteiger partial charge in [0.25, 0.3) is 5.69 Å². The van der Waals surface area contributed by atoms with Crippen LogP contribution >= 0.6 is 0 Å². The van der Waals surface area contributed by atoms with Crippen molar-refractivity contribution in [1.29, 1.82) is 0 Å². The van der Waals surface area contributed by atoms with Crippen molar-refractivity contribution in [3.8, 4) is 0 Å². The summed E-state index contributed by atoms with van der Waals surface area (Å²) in [6, 6.07) is 21.4. The summed E-state index contributed by atoms with van der Waals surface area (Å²) in [5, 5.41) is 13.3. The molecule has 0 radical (unpaired) electrons. The number of hydrogen-bond donors (Lipinski definition) is 0. The standard InChI is InChI=1S/C21H20N2O2/c1-22(14-6-8-17-7-4-12-20(15-17)23(24)25)16-19-11-5-10-18-9-2-3-13-21(18)19/h2-13,15H,14,16H2,1H3. The van der Waals surface area contributed by atoms with Gasteiger partial charge in [0.2, 0.25) is 0 Å².